The molecule has 4 heteroatoms. The third kappa shape index (κ3) is 10.8. The number of ether oxygens (including phenoxy) is 1. The minimum Gasteiger partial charge on any atom is -0.388 e. The molecule has 0 amide bonds. The van der Waals surface area contributed by atoms with E-state index in [0.717, 1.165) is 12.8 Å². The van der Waals surface area contributed by atoms with E-state index in [4.69, 9.17) is 4.74 Å². The van der Waals surface area contributed by atoms with Crippen LogP contribution < -0.4 is 0 Å². The van der Waals surface area contributed by atoms with E-state index < -0.39 is 17.6 Å². The van der Waals surface area contributed by atoms with Gasteiger partial charge in [-0.2, -0.15) is 0 Å². The molecule has 0 aromatic rings. The normalized spacial score (nSPS) is 26.4. The summed E-state index contributed by atoms with van der Waals surface area (Å²) < 4.78 is 5.47. The summed E-state index contributed by atoms with van der Waals surface area (Å²) in [6.07, 6.45) is 19.3. The van der Waals surface area contributed by atoms with E-state index in [1.165, 1.54) is 89.9 Å². The molecule has 1 fully saturated rings. The molecular weight excluding hydrogens is 332 g/mol. The Morgan fingerprint density at radius 3 is 1.40 bits per heavy atom. The number of hydrogen-bond acceptors (Lipinski definition) is 4. The van der Waals surface area contributed by atoms with E-state index >= 15 is 0 Å². The van der Waals surface area contributed by atoms with Gasteiger partial charge in [0.05, 0.1) is 6.10 Å². The van der Waals surface area contributed by atoms with Gasteiger partial charge in [0.15, 0.2) is 0 Å². The van der Waals surface area contributed by atoms with E-state index in [2.05, 4.69) is 19.6 Å². The maximum absolute atomic E-state index is 9.82. The highest BCUT2D eigenvalue weighted by Crippen LogP contribution is 2.27. The molecule has 1 heterocycles. The molecule has 1 aliphatic rings. The second-order valence-corrected chi connectivity index (χ2v) is 8.29. The summed E-state index contributed by atoms with van der Waals surface area (Å²) in [7, 11) is 0. The largest absolute Gasteiger partial charge is 0.388 e. The lowest BCUT2D eigenvalue weighted by Crippen LogP contribution is -2.30. The van der Waals surface area contributed by atoms with Crippen LogP contribution in [-0.4, -0.2) is 34.0 Å². The average Bonchev–Trinajstić information content (AvgIpc) is 2.85. The maximum atomic E-state index is 9.82. The predicted octanol–water partition coefficient (Wildman–Crippen LogP) is 5.62. The van der Waals surface area contributed by atoms with Gasteiger partial charge in [-0.3, -0.25) is 0 Å². The van der Waals surface area contributed by atoms with Crippen molar-refractivity contribution in [2.45, 2.75) is 133 Å². The number of thiol groups is 1. The van der Waals surface area contributed by atoms with Crippen LogP contribution in [0, 0.1) is 0 Å². The van der Waals surface area contributed by atoms with Crippen molar-refractivity contribution in [3.05, 3.63) is 0 Å². The van der Waals surface area contributed by atoms with Crippen LogP contribution in [0.5, 0.6) is 0 Å². The van der Waals surface area contributed by atoms with E-state index in [9.17, 15) is 10.2 Å². The van der Waals surface area contributed by atoms with E-state index in [-0.39, 0.29) is 6.10 Å². The second kappa shape index (κ2) is 15.3. The summed E-state index contributed by atoms with van der Waals surface area (Å²) in [5.74, 6) is 0. The molecule has 0 aromatic carbocycles. The highest BCUT2D eigenvalue weighted by molar-refractivity contribution is 7.80. The van der Waals surface area contributed by atoms with Crippen LogP contribution in [0.2, 0.25) is 0 Å². The summed E-state index contributed by atoms with van der Waals surface area (Å²) in [5.41, 5.74) is -0.531. The zero-order chi connectivity index (χ0) is 18.3. The Bertz CT molecular complexity index is 301. The molecule has 0 bridgehead atoms. The lowest BCUT2D eigenvalue weighted by molar-refractivity contribution is 0.0175. The number of rotatable bonds is 16. The summed E-state index contributed by atoms with van der Waals surface area (Å²) in [5, 5.41) is 19.4. The number of hydrogen-bond donors (Lipinski definition) is 3. The minimum atomic E-state index is -0.843. The summed E-state index contributed by atoms with van der Waals surface area (Å²) in [6, 6.07) is 0. The van der Waals surface area contributed by atoms with Gasteiger partial charge in [-0.1, -0.05) is 103 Å². The van der Waals surface area contributed by atoms with Crippen molar-refractivity contribution in [3.8, 4) is 0 Å². The van der Waals surface area contributed by atoms with Crippen LogP contribution in [0.3, 0.4) is 0 Å². The third-order valence-corrected chi connectivity index (χ3v) is 5.86. The molecule has 2 N–H and O–H groups in total. The summed E-state index contributed by atoms with van der Waals surface area (Å²) in [4.78, 5) is 0. The topological polar surface area (TPSA) is 49.7 Å². The molecule has 0 aliphatic carbocycles. The first-order valence-electron chi connectivity index (χ1n) is 10.9. The van der Waals surface area contributed by atoms with Crippen LogP contribution in [-0.2, 0) is 4.74 Å². The monoisotopic (exact) mass is 374 g/mol. The van der Waals surface area contributed by atoms with E-state index in [1.54, 1.807) is 0 Å². The van der Waals surface area contributed by atoms with Crippen molar-refractivity contribution in [2.24, 2.45) is 0 Å². The Balaban J connectivity index is 1.76. The van der Waals surface area contributed by atoms with Crippen LogP contribution in [0.25, 0.3) is 0 Å². The molecule has 25 heavy (non-hydrogen) atoms. The van der Waals surface area contributed by atoms with Gasteiger partial charge in [-0.05, 0) is 6.42 Å². The Kier molecular flexibility index (Phi) is 14.2. The number of aliphatic hydroxyl groups is 2. The smallest absolute Gasteiger partial charge is 0.129 e. The average molecular weight is 375 g/mol. The number of unbranched alkanes of at least 4 members (excludes halogenated alkanes) is 14. The highest BCUT2D eigenvalue weighted by atomic mass is 32.1. The van der Waals surface area contributed by atoms with Crippen molar-refractivity contribution in [1.29, 1.82) is 0 Å². The summed E-state index contributed by atoms with van der Waals surface area (Å²) >= 11 is 4.12. The Labute approximate surface area is 161 Å². The van der Waals surface area contributed by atoms with Gasteiger partial charge in [0.2, 0.25) is 0 Å². The van der Waals surface area contributed by atoms with Crippen molar-refractivity contribution >= 4 is 12.6 Å². The zero-order valence-corrected chi connectivity index (χ0v) is 17.3. The zero-order valence-electron chi connectivity index (χ0n) is 16.4. The molecule has 1 unspecified atom stereocenters. The summed E-state index contributed by atoms with van der Waals surface area (Å²) in [6.45, 7) is 2.28. The minimum absolute atomic E-state index is 0.237. The first-order chi connectivity index (χ1) is 12.2. The van der Waals surface area contributed by atoms with Crippen LogP contribution in [0.15, 0.2) is 0 Å². The molecule has 150 valence electrons. The van der Waals surface area contributed by atoms with Gasteiger partial charge in [0.1, 0.15) is 17.6 Å². The fourth-order valence-electron chi connectivity index (χ4n) is 3.68. The highest BCUT2D eigenvalue weighted by Gasteiger charge is 2.40. The lowest BCUT2D eigenvalue weighted by Gasteiger charge is -2.13. The van der Waals surface area contributed by atoms with Gasteiger partial charge >= 0.3 is 0 Å². The fourth-order valence-corrected chi connectivity index (χ4v) is 4.02. The maximum Gasteiger partial charge on any atom is 0.129 e. The van der Waals surface area contributed by atoms with Gasteiger partial charge in [0.25, 0.3) is 0 Å². The molecular formula is C21H42O3S. The molecule has 0 aromatic heterocycles. The Hall–Kier alpha value is 0.230. The Morgan fingerprint density at radius 2 is 1.04 bits per heavy atom. The van der Waals surface area contributed by atoms with Crippen LogP contribution in [0.4, 0.5) is 0 Å². The Morgan fingerprint density at radius 1 is 0.640 bits per heavy atom. The van der Waals surface area contributed by atoms with Gasteiger partial charge in [-0.15, -0.1) is 12.6 Å². The molecule has 1 aliphatic heterocycles. The first kappa shape index (κ1) is 23.3. The second-order valence-electron chi connectivity index (χ2n) is 7.78. The molecule has 0 radical (unpaired) electrons. The van der Waals surface area contributed by atoms with Gasteiger partial charge in [0, 0.05) is 0 Å². The van der Waals surface area contributed by atoms with E-state index in [1.807, 2.05) is 0 Å². The quantitative estimate of drug-likeness (QED) is 0.242. The molecule has 0 saturated carbocycles. The van der Waals surface area contributed by atoms with Crippen LogP contribution in [0.1, 0.15) is 110 Å². The number of aliphatic hydroxyl groups excluding tert-OH is 2. The van der Waals surface area contributed by atoms with Crippen LogP contribution >= 0.6 is 12.6 Å². The van der Waals surface area contributed by atoms with Gasteiger partial charge in [-0.25, -0.2) is 0 Å². The lowest BCUT2D eigenvalue weighted by atomic mass is 10.0. The fraction of sp³-hybridized carbons (Fsp3) is 1.00. The van der Waals surface area contributed by atoms with Gasteiger partial charge < -0.3 is 14.9 Å². The first-order valence-corrected chi connectivity index (χ1v) is 11.4. The third-order valence-electron chi connectivity index (χ3n) is 5.43. The van der Waals surface area contributed by atoms with Crippen molar-refractivity contribution < 1.29 is 14.9 Å². The van der Waals surface area contributed by atoms with E-state index in [0.29, 0.717) is 0 Å². The van der Waals surface area contributed by atoms with Crippen molar-refractivity contribution in [1.82, 2.24) is 0 Å². The standard InChI is InChI=1S/C21H42O3S/c1-2-3-4-5-6-7-8-9-10-11-12-13-14-15-16-17-18-19(22)20(23)21(25)24-18/h18-23,25H,2-17H2,1H3/t18-,19-,20-,21?/m1/s1. The molecule has 1 saturated heterocycles. The molecule has 1 rings (SSSR count). The molecule has 0 spiro atoms. The molecule has 3 nitrogen and oxygen atoms in total. The van der Waals surface area contributed by atoms with Crippen molar-refractivity contribution in [3.63, 3.8) is 0 Å². The predicted molar refractivity (Wildman–Crippen MR) is 109 cm³/mol. The molecule has 4 atom stereocenters. The SMILES string of the molecule is CCCCCCCCCCCCCCCCC[C@H]1OC(S)[C@H](O)[C@@H]1O. The van der Waals surface area contributed by atoms with Crippen molar-refractivity contribution in [2.75, 3.05) is 0 Å².